The lowest BCUT2D eigenvalue weighted by molar-refractivity contribution is 0.379. The highest BCUT2D eigenvalue weighted by Crippen LogP contribution is 2.13. The molecule has 7 nitrogen and oxygen atoms in total. The van der Waals surface area contributed by atoms with Crippen molar-refractivity contribution in [2.75, 3.05) is 17.9 Å². The minimum Gasteiger partial charge on any atom is -0.467 e. The molecule has 0 saturated carbocycles. The van der Waals surface area contributed by atoms with Gasteiger partial charge in [-0.15, -0.1) is 0 Å². The normalized spacial score (nSPS) is 10.2. The van der Waals surface area contributed by atoms with Crippen molar-refractivity contribution >= 4 is 11.9 Å². The van der Waals surface area contributed by atoms with E-state index >= 15 is 0 Å². The second-order valence-electron chi connectivity index (χ2n) is 4.09. The van der Waals surface area contributed by atoms with E-state index in [9.17, 15) is 0 Å². The number of benzene rings is 1. The lowest BCUT2D eigenvalue weighted by Crippen LogP contribution is -2.14. The molecule has 0 fully saturated rings. The van der Waals surface area contributed by atoms with Crippen LogP contribution in [0.2, 0.25) is 0 Å². The third-order valence-electron chi connectivity index (χ3n) is 2.86. The lowest BCUT2D eigenvalue weighted by atomic mass is 10.1. The van der Waals surface area contributed by atoms with Crippen LogP contribution >= 0.6 is 0 Å². The van der Waals surface area contributed by atoms with E-state index in [1.165, 1.54) is 18.2 Å². The van der Waals surface area contributed by atoms with Gasteiger partial charge in [0.15, 0.2) is 0 Å². The highest BCUT2D eigenvalue weighted by Gasteiger charge is 2.06. The minimum absolute atomic E-state index is 0.208. The van der Waals surface area contributed by atoms with Gasteiger partial charge in [-0.05, 0) is 17.5 Å². The van der Waals surface area contributed by atoms with Gasteiger partial charge in [0.05, 0.1) is 7.11 Å². The fourth-order valence-corrected chi connectivity index (χ4v) is 1.84. The van der Waals surface area contributed by atoms with E-state index in [1.54, 1.807) is 0 Å². The van der Waals surface area contributed by atoms with Crippen molar-refractivity contribution in [3.63, 3.8) is 0 Å². The van der Waals surface area contributed by atoms with Gasteiger partial charge in [0, 0.05) is 6.54 Å². The molecule has 0 unspecified atom stereocenters. The molecule has 4 N–H and O–H groups in total. The molecular weight excluding hydrogens is 256 g/mol. The number of hydrazine groups is 1. The zero-order valence-corrected chi connectivity index (χ0v) is 11.6. The minimum atomic E-state index is 0.208. The molecule has 0 aliphatic carbocycles. The topological polar surface area (TPSA) is 98.0 Å². The molecule has 0 aliphatic rings. The van der Waals surface area contributed by atoms with Gasteiger partial charge >= 0.3 is 6.01 Å². The Kier molecular flexibility index (Phi) is 4.67. The van der Waals surface area contributed by atoms with E-state index in [4.69, 9.17) is 10.6 Å². The second kappa shape index (κ2) is 6.67. The number of anilines is 2. The van der Waals surface area contributed by atoms with Gasteiger partial charge in [0.1, 0.15) is 0 Å². The fourth-order valence-electron chi connectivity index (χ4n) is 1.84. The molecule has 0 amide bonds. The summed E-state index contributed by atoms with van der Waals surface area (Å²) >= 11 is 0. The number of nitrogens with one attached hydrogen (secondary N) is 2. The van der Waals surface area contributed by atoms with E-state index in [0.717, 1.165) is 6.42 Å². The molecule has 1 heterocycles. The molecule has 20 heavy (non-hydrogen) atoms. The molecule has 0 bridgehead atoms. The van der Waals surface area contributed by atoms with Gasteiger partial charge in [-0.2, -0.15) is 15.0 Å². The number of hydrogen-bond acceptors (Lipinski definition) is 7. The first-order chi connectivity index (χ1) is 9.76. The molecule has 1 aromatic heterocycles. The zero-order chi connectivity index (χ0) is 14.4. The molecule has 0 aliphatic heterocycles. The van der Waals surface area contributed by atoms with Crippen LogP contribution in [0.5, 0.6) is 6.01 Å². The molecule has 1 aromatic carbocycles. The first kappa shape index (κ1) is 14.0. The Hall–Kier alpha value is -2.41. The number of aromatic nitrogens is 3. The smallest absolute Gasteiger partial charge is 0.322 e. The average Bonchev–Trinajstić information content (AvgIpc) is 2.52. The fraction of sp³-hybridized carbons (Fsp3) is 0.308. The molecule has 0 saturated heterocycles. The summed E-state index contributed by atoms with van der Waals surface area (Å²) in [6.07, 6.45) is 0.980. The van der Waals surface area contributed by atoms with Gasteiger partial charge in [-0.3, -0.25) is 5.43 Å². The van der Waals surface area contributed by atoms with Crippen LogP contribution in [0.15, 0.2) is 24.3 Å². The average molecular weight is 274 g/mol. The Bertz CT molecular complexity index is 552. The van der Waals surface area contributed by atoms with Crippen LogP contribution in [0, 0.1) is 0 Å². The molecule has 0 atom stereocenters. The van der Waals surface area contributed by atoms with Crippen molar-refractivity contribution in [1.29, 1.82) is 0 Å². The third kappa shape index (κ3) is 3.33. The standard InChI is InChI=1S/C13H18N6O/c1-3-9-6-4-5-7-10(9)8-15-11-16-12(19-14)18-13(17-11)20-2/h4-7H,3,8,14H2,1-2H3,(H2,15,16,17,18,19). The van der Waals surface area contributed by atoms with Crippen LogP contribution in [0.4, 0.5) is 11.9 Å². The summed E-state index contributed by atoms with van der Waals surface area (Å²) in [5.74, 6) is 5.97. The Morgan fingerprint density at radius 2 is 1.80 bits per heavy atom. The summed E-state index contributed by atoms with van der Waals surface area (Å²) in [5, 5.41) is 3.15. The molecular formula is C13H18N6O. The van der Waals surface area contributed by atoms with E-state index in [0.29, 0.717) is 12.5 Å². The second-order valence-corrected chi connectivity index (χ2v) is 4.09. The van der Waals surface area contributed by atoms with Gasteiger partial charge in [-0.1, -0.05) is 31.2 Å². The maximum atomic E-state index is 5.31. The summed E-state index contributed by atoms with van der Waals surface area (Å²) in [7, 11) is 1.49. The number of nitrogens with zero attached hydrogens (tertiary/aromatic N) is 3. The lowest BCUT2D eigenvalue weighted by Gasteiger charge is -2.10. The summed E-state index contributed by atoms with van der Waals surface area (Å²) in [6, 6.07) is 8.44. The molecule has 0 spiro atoms. The van der Waals surface area contributed by atoms with Crippen molar-refractivity contribution < 1.29 is 4.74 Å². The van der Waals surface area contributed by atoms with Crippen LogP contribution in [-0.4, -0.2) is 22.1 Å². The van der Waals surface area contributed by atoms with Gasteiger partial charge in [0.25, 0.3) is 0 Å². The molecule has 106 valence electrons. The maximum Gasteiger partial charge on any atom is 0.322 e. The Morgan fingerprint density at radius 1 is 1.10 bits per heavy atom. The summed E-state index contributed by atoms with van der Waals surface area (Å²) in [5.41, 5.74) is 4.88. The highest BCUT2D eigenvalue weighted by molar-refractivity contribution is 5.37. The van der Waals surface area contributed by atoms with Crippen LogP contribution in [0.1, 0.15) is 18.1 Å². The number of methoxy groups -OCH3 is 1. The van der Waals surface area contributed by atoms with Crippen molar-refractivity contribution in [3.05, 3.63) is 35.4 Å². The Balaban J connectivity index is 2.14. The maximum absolute atomic E-state index is 5.31. The zero-order valence-electron chi connectivity index (χ0n) is 11.6. The van der Waals surface area contributed by atoms with E-state index in [2.05, 4.69) is 44.8 Å². The van der Waals surface area contributed by atoms with E-state index in [1.807, 2.05) is 12.1 Å². The Morgan fingerprint density at radius 3 is 2.45 bits per heavy atom. The number of ether oxygens (including phenoxy) is 1. The monoisotopic (exact) mass is 274 g/mol. The van der Waals surface area contributed by atoms with Gasteiger partial charge in [0.2, 0.25) is 11.9 Å². The molecule has 0 radical (unpaired) electrons. The van der Waals surface area contributed by atoms with Crippen LogP contribution in [0.25, 0.3) is 0 Å². The number of nitrogen functional groups attached to an aromatic ring is 1. The summed E-state index contributed by atoms with van der Waals surface area (Å²) < 4.78 is 5.00. The largest absolute Gasteiger partial charge is 0.467 e. The molecule has 2 aromatic rings. The SMILES string of the molecule is CCc1ccccc1CNc1nc(NN)nc(OC)n1. The number of hydrogen-bond donors (Lipinski definition) is 3. The highest BCUT2D eigenvalue weighted by atomic mass is 16.5. The van der Waals surface area contributed by atoms with Gasteiger partial charge in [-0.25, -0.2) is 5.84 Å². The summed E-state index contributed by atoms with van der Waals surface area (Å²) in [4.78, 5) is 12.2. The van der Waals surface area contributed by atoms with Crippen molar-refractivity contribution in [3.8, 4) is 6.01 Å². The molecule has 7 heteroatoms. The van der Waals surface area contributed by atoms with Crippen LogP contribution < -0.4 is 21.3 Å². The third-order valence-corrected chi connectivity index (χ3v) is 2.86. The predicted molar refractivity (Wildman–Crippen MR) is 77.3 cm³/mol. The van der Waals surface area contributed by atoms with Crippen molar-refractivity contribution in [2.24, 2.45) is 5.84 Å². The quantitative estimate of drug-likeness (QED) is 0.540. The van der Waals surface area contributed by atoms with Crippen LogP contribution in [-0.2, 0) is 13.0 Å². The number of rotatable bonds is 6. The van der Waals surface area contributed by atoms with Crippen molar-refractivity contribution in [2.45, 2.75) is 19.9 Å². The number of aryl methyl sites for hydroxylation is 1. The Labute approximate surface area is 117 Å². The summed E-state index contributed by atoms with van der Waals surface area (Å²) in [6.45, 7) is 2.75. The first-order valence-corrected chi connectivity index (χ1v) is 6.34. The first-order valence-electron chi connectivity index (χ1n) is 6.34. The molecule has 2 rings (SSSR count). The van der Waals surface area contributed by atoms with Gasteiger partial charge < -0.3 is 10.1 Å². The number of nitrogens with two attached hydrogens (primary N) is 1. The van der Waals surface area contributed by atoms with E-state index in [-0.39, 0.29) is 12.0 Å². The predicted octanol–water partition coefficient (Wildman–Crippen LogP) is 1.34. The van der Waals surface area contributed by atoms with Crippen LogP contribution in [0.3, 0.4) is 0 Å². The van der Waals surface area contributed by atoms with Crippen molar-refractivity contribution in [1.82, 2.24) is 15.0 Å². The van der Waals surface area contributed by atoms with E-state index < -0.39 is 0 Å².